The highest BCUT2D eigenvalue weighted by Gasteiger charge is 2.33. The molecule has 1 aliphatic heterocycles. The van der Waals surface area contributed by atoms with Crippen molar-refractivity contribution in [3.05, 3.63) is 71.1 Å². The van der Waals surface area contributed by atoms with Gasteiger partial charge in [-0.25, -0.2) is 0 Å². The summed E-state index contributed by atoms with van der Waals surface area (Å²) in [5.74, 6) is 2.67. The molecular weight excluding hydrogens is 326 g/mol. The third kappa shape index (κ3) is 2.71. The molecule has 0 spiro atoms. The van der Waals surface area contributed by atoms with E-state index in [1.807, 2.05) is 35.5 Å². The Hall–Kier alpha value is -2.89. The molecule has 3 heterocycles. The van der Waals surface area contributed by atoms with E-state index >= 15 is 0 Å². The van der Waals surface area contributed by atoms with Crippen molar-refractivity contribution in [2.24, 2.45) is 0 Å². The van der Waals surface area contributed by atoms with E-state index in [9.17, 15) is 4.79 Å². The zero-order valence-electron chi connectivity index (χ0n) is 14.6. The quantitative estimate of drug-likeness (QED) is 0.789. The normalized spacial score (nSPS) is 16.5. The first-order chi connectivity index (χ1) is 12.8. The van der Waals surface area contributed by atoms with Crippen molar-refractivity contribution in [1.29, 1.82) is 0 Å². The van der Waals surface area contributed by atoms with Crippen LogP contribution >= 0.6 is 0 Å². The van der Waals surface area contributed by atoms with Crippen LogP contribution in [0.2, 0.25) is 0 Å². The van der Waals surface area contributed by atoms with Gasteiger partial charge >= 0.3 is 0 Å². The van der Waals surface area contributed by atoms with E-state index in [0.29, 0.717) is 19.0 Å². The molecule has 1 fully saturated rings. The average molecular weight is 347 g/mol. The summed E-state index contributed by atoms with van der Waals surface area (Å²) in [4.78, 5) is 18.1. The molecule has 1 saturated carbocycles. The van der Waals surface area contributed by atoms with Gasteiger partial charge in [0.25, 0.3) is 5.91 Å². The Balaban J connectivity index is 1.35. The van der Waals surface area contributed by atoms with E-state index in [2.05, 4.69) is 31.9 Å². The van der Waals surface area contributed by atoms with Crippen molar-refractivity contribution in [3.8, 4) is 0 Å². The van der Waals surface area contributed by atoms with Gasteiger partial charge in [-0.3, -0.25) is 4.79 Å². The first kappa shape index (κ1) is 15.4. The summed E-state index contributed by atoms with van der Waals surface area (Å²) in [6.45, 7) is 2.03. The number of H-pyrrole nitrogens is 1. The molecule has 0 bridgehead atoms. The monoisotopic (exact) mass is 347 g/mol. The number of aromatic amines is 1. The fourth-order valence-corrected chi connectivity index (χ4v) is 3.72. The lowest BCUT2D eigenvalue weighted by Crippen LogP contribution is -2.39. The van der Waals surface area contributed by atoms with Crippen LogP contribution in [0.1, 0.15) is 51.9 Å². The molecule has 1 aromatic carbocycles. The van der Waals surface area contributed by atoms with Crippen LogP contribution in [0.3, 0.4) is 0 Å². The second-order valence-corrected chi connectivity index (χ2v) is 7.18. The van der Waals surface area contributed by atoms with Gasteiger partial charge in [-0.1, -0.05) is 30.3 Å². The minimum absolute atomic E-state index is 0.0689. The van der Waals surface area contributed by atoms with E-state index in [1.54, 1.807) is 0 Å². The minimum atomic E-state index is 0.0689. The highest BCUT2D eigenvalue weighted by atomic mass is 16.2. The van der Waals surface area contributed by atoms with Crippen molar-refractivity contribution in [1.82, 2.24) is 24.6 Å². The number of carbonyl (C=O) groups excluding carboxylic acids is 1. The first-order valence-electron chi connectivity index (χ1n) is 9.20. The third-order valence-electron chi connectivity index (χ3n) is 5.31. The van der Waals surface area contributed by atoms with Crippen LogP contribution < -0.4 is 0 Å². The lowest BCUT2D eigenvalue weighted by molar-refractivity contribution is 0.0705. The van der Waals surface area contributed by atoms with Gasteiger partial charge in [-0.15, -0.1) is 10.2 Å². The first-order valence-corrected chi connectivity index (χ1v) is 9.20. The smallest absolute Gasteiger partial charge is 0.256 e. The molecule has 2 aliphatic rings. The molecule has 6 heteroatoms. The van der Waals surface area contributed by atoms with Gasteiger partial charge in [0.05, 0.1) is 12.1 Å². The van der Waals surface area contributed by atoms with Crippen molar-refractivity contribution < 1.29 is 4.79 Å². The van der Waals surface area contributed by atoms with Gasteiger partial charge in [0.15, 0.2) is 5.82 Å². The topological polar surface area (TPSA) is 66.8 Å². The fourth-order valence-electron chi connectivity index (χ4n) is 3.72. The van der Waals surface area contributed by atoms with E-state index in [1.165, 1.54) is 18.4 Å². The molecule has 1 aliphatic carbocycles. The number of nitrogens with zero attached hydrogens (tertiary/aromatic N) is 4. The second-order valence-electron chi connectivity index (χ2n) is 7.18. The Morgan fingerprint density at radius 2 is 1.96 bits per heavy atom. The number of fused-ring (bicyclic) bond motifs is 1. The van der Waals surface area contributed by atoms with E-state index in [4.69, 9.17) is 0 Å². The maximum Gasteiger partial charge on any atom is 0.256 e. The van der Waals surface area contributed by atoms with Gasteiger partial charge in [0.1, 0.15) is 5.82 Å². The summed E-state index contributed by atoms with van der Waals surface area (Å²) >= 11 is 0. The number of benzene rings is 1. The van der Waals surface area contributed by atoms with E-state index < -0.39 is 0 Å². The Morgan fingerprint density at radius 3 is 2.77 bits per heavy atom. The maximum absolute atomic E-state index is 13.1. The standard InChI is InChI=1S/C20H21N5O/c26-20(17-12-21-11-16(17)10-14-4-2-1-3-5-14)24-8-9-25-18(13-24)22-23-19(25)15-6-7-15/h1-5,11-12,15,21H,6-10,13H2. The van der Waals surface area contributed by atoms with Crippen LogP contribution in [0.15, 0.2) is 42.7 Å². The van der Waals surface area contributed by atoms with Crippen LogP contribution in [0.4, 0.5) is 0 Å². The number of rotatable bonds is 4. The number of nitrogens with one attached hydrogen (secondary N) is 1. The lowest BCUT2D eigenvalue weighted by Gasteiger charge is -2.28. The van der Waals surface area contributed by atoms with Crippen molar-refractivity contribution in [2.75, 3.05) is 6.54 Å². The number of aromatic nitrogens is 4. The van der Waals surface area contributed by atoms with Crippen LogP contribution in [0.25, 0.3) is 0 Å². The zero-order chi connectivity index (χ0) is 17.5. The minimum Gasteiger partial charge on any atom is -0.367 e. The summed E-state index contributed by atoms with van der Waals surface area (Å²) in [5, 5.41) is 8.69. The second kappa shape index (κ2) is 6.12. The highest BCUT2D eigenvalue weighted by molar-refractivity contribution is 5.95. The predicted octanol–water partition coefficient (Wildman–Crippen LogP) is 2.73. The van der Waals surface area contributed by atoms with Gasteiger partial charge in [-0.05, 0) is 30.4 Å². The molecule has 0 atom stereocenters. The molecule has 5 rings (SSSR count). The Kier molecular flexibility index (Phi) is 3.62. The van der Waals surface area contributed by atoms with Crippen molar-refractivity contribution in [2.45, 2.75) is 38.3 Å². The van der Waals surface area contributed by atoms with Crippen LogP contribution in [-0.4, -0.2) is 37.1 Å². The van der Waals surface area contributed by atoms with Crippen molar-refractivity contribution >= 4 is 5.91 Å². The van der Waals surface area contributed by atoms with Gasteiger partial charge < -0.3 is 14.5 Å². The SMILES string of the molecule is O=C(c1c[nH]cc1Cc1ccccc1)N1CCn2c(nnc2C2CC2)C1. The number of hydrogen-bond donors (Lipinski definition) is 1. The molecule has 2 aromatic heterocycles. The van der Waals surface area contributed by atoms with Crippen LogP contribution in [-0.2, 0) is 19.5 Å². The Bertz CT molecular complexity index is 938. The summed E-state index contributed by atoms with van der Waals surface area (Å²) < 4.78 is 2.21. The van der Waals surface area contributed by atoms with Gasteiger partial charge in [0.2, 0.25) is 0 Å². The number of carbonyl (C=O) groups is 1. The molecule has 0 unspecified atom stereocenters. The Morgan fingerprint density at radius 1 is 1.12 bits per heavy atom. The molecule has 26 heavy (non-hydrogen) atoms. The largest absolute Gasteiger partial charge is 0.367 e. The number of amides is 1. The van der Waals surface area contributed by atoms with Gasteiger partial charge in [-0.2, -0.15) is 0 Å². The molecule has 1 N–H and O–H groups in total. The highest BCUT2D eigenvalue weighted by Crippen LogP contribution is 2.39. The van der Waals surface area contributed by atoms with Crippen molar-refractivity contribution in [3.63, 3.8) is 0 Å². The molecule has 1 amide bonds. The van der Waals surface area contributed by atoms with Crippen LogP contribution in [0, 0.1) is 0 Å². The molecular formula is C20H21N5O. The lowest BCUT2D eigenvalue weighted by atomic mass is 10.0. The Labute approximate surface area is 151 Å². The average Bonchev–Trinajstić information content (AvgIpc) is 3.27. The molecule has 6 nitrogen and oxygen atoms in total. The van der Waals surface area contributed by atoms with Crippen LogP contribution in [0.5, 0.6) is 0 Å². The number of hydrogen-bond acceptors (Lipinski definition) is 3. The summed E-state index contributed by atoms with van der Waals surface area (Å²) in [6, 6.07) is 10.2. The molecule has 0 saturated heterocycles. The summed E-state index contributed by atoms with van der Waals surface area (Å²) in [5.41, 5.74) is 2.99. The molecule has 0 radical (unpaired) electrons. The maximum atomic E-state index is 13.1. The third-order valence-corrected chi connectivity index (χ3v) is 5.31. The molecule has 132 valence electrons. The summed E-state index contributed by atoms with van der Waals surface area (Å²) in [7, 11) is 0. The predicted molar refractivity (Wildman–Crippen MR) is 96.8 cm³/mol. The zero-order valence-corrected chi connectivity index (χ0v) is 14.6. The van der Waals surface area contributed by atoms with Gasteiger partial charge in [0, 0.05) is 31.4 Å². The van der Waals surface area contributed by atoms with E-state index in [0.717, 1.165) is 35.7 Å². The summed E-state index contributed by atoms with van der Waals surface area (Å²) in [6.07, 6.45) is 6.93. The molecule has 3 aromatic rings. The fraction of sp³-hybridized carbons (Fsp3) is 0.350. The van der Waals surface area contributed by atoms with E-state index in [-0.39, 0.29) is 5.91 Å².